The van der Waals surface area contributed by atoms with Gasteiger partial charge in [0.15, 0.2) is 11.7 Å². The van der Waals surface area contributed by atoms with Gasteiger partial charge in [0.1, 0.15) is 0 Å². The van der Waals surface area contributed by atoms with Crippen LogP contribution < -0.4 is 10.2 Å². The van der Waals surface area contributed by atoms with Gasteiger partial charge in [-0.05, 0) is 36.8 Å². The van der Waals surface area contributed by atoms with Crippen molar-refractivity contribution in [2.75, 3.05) is 52.1 Å². The Labute approximate surface area is 137 Å². The number of quaternary nitrogens is 1. The Morgan fingerprint density at radius 3 is 2.64 bits per heavy atom. The van der Waals surface area contributed by atoms with Crippen molar-refractivity contribution in [2.24, 2.45) is 0 Å². The molecule has 1 saturated heterocycles. The number of aryl methyl sites for hydroxylation is 1. The number of anilines is 1. The molecule has 0 unspecified atom stereocenters. The third kappa shape index (κ3) is 4.68. The van der Waals surface area contributed by atoms with Crippen molar-refractivity contribution in [3.63, 3.8) is 0 Å². The molecule has 1 aromatic rings. The van der Waals surface area contributed by atoms with E-state index in [1.807, 2.05) is 12.1 Å². The van der Waals surface area contributed by atoms with Crippen molar-refractivity contribution in [1.82, 2.24) is 9.80 Å². The van der Waals surface area contributed by atoms with Gasteiger partial charge < -0.3 is 20.0 Å². The molecule has 0 spiro atoms. The number of thiocarbonyl (C=S) groups is 1. The van der Waals surface area contributed by atoms with Crippen LogP contribution in [0.25, 0.3) is 0 Å². The summed E-state index contributed by atoms with van der Waals surface area (Å²) in [5.41, 5.74) is 2.24. The van der Waals surface area contributed by atoms with Crippen LogP contribution in [-0.2, 0) is 4.79 Å². The number of carbonyl (C=O) groups excluding carboxylic acids is 1. The second kappa shape index (κ2) is 7.56. The van der Waals surface area contributed by atoms with Crippen LogP contribution in [0.1, 0.15) is 5.56 Å². The van der Waals surface area contributed by atoms with Gasteiger partial charge in [0.05, 0.1) is 26.2 Å². The van der Waals surface area contributed by atoms with Gasteiger partial charge in [-0.1, -0.05) is 12.1 Å². The fourth-order valence-electron chi connectivity index (χ4n) is 2.50. The number of benzene rings is 1. The zero-order valence-electron chi connectivity index (χ0n) is 13.6. The van der Waals surface area contributed by atoms with E-state index in [1.54, 1.807) is 19.0 Å². The molecule has 1 heterocycles. The van der Waals surface area contributed by atoms with Crippen LogP contribution in [0.5, 0.6) is 0 Å². The SMILES string of the molecule is Cc1cccc(NC(=S)N2CC[NH+](CC(=O)N(C)C)CC2)c1. The second-order valence-corrected chi connectivity index (χ2v) is 6.39. The summed E-state index contributed by atoms with van der Waals surface area (Å²) in [7, 11) is 3.61. The van der Waals surface area contributed by atoms with Gasteiger partial charge >= 0.3 is 0 Å². The standard InChI is InChI=1S/C16H24N4OS/c1-13-5-4-6-14(11-13)17-16(22)20-9-7-19(8-10-20)12-15(21)18(2)3/h4-6,11H,7-10,12H2,1-3H3,(H,17,22)/p+1. The Kier molecular flexibility index (Phi) is 5.74. The summed E-state index contributed by atoms with van der Waals surface area (Å²) in [5, 5.41) is 4.07. The lowest BCUT2D eigenvalue weighted by Crippen LogP contribution is -3.15. The molecule has 2 rings (SSSR count). The zero-order valence-corrected chi connectivity index (χ0v) is 14.4. The lowest BCUT2D eigenvalue weighted by atomic mass is 10.2. The van der Waals surface area contributed by atoms with Gasteiger partial charge in [-0.2, -0.15) is 0 Å². The first kappa shape index (κ1) is 16.7. The molecule has 6 heteroatoms. The van der Waals surface area contributed by atoms with Crippen LogP contribution in [0, 0.1) is 6.92 Å². The number of hydrogen-bond donors (Lipinski definition) is 2. The Balaban J connectivity index is 1.81. The van der Waals surface area contributed by atoms with Crippen molar-refractivity contribution in [3.05, 3.63) is 29.8 Å². The van der Waals surface area contributed by atoms with Crippen molar-refractivity contribution < 1.29 is 9.69 Å². The highest BCUT2D eigenvalue weighted by atomic mass is 32.1. The number of hydrogen-bond acceptors (Lipinski definition) is 2. The molecular weight excluding hydrogens is 296 g/mol. The van der Waals surface area contributed by atoms with Gasteiger partial charge in [-0.3, -0.25) is 4.79 Å². The molecular formula is C16H25N4OS+. The average molecular weight is 321 g/mol. The molecule has 1 amide bonds. The average Bonchev–Trinajstić information content (AvgIpc) is 2.47. The summed E-state index contributed by atoms with van der Waals surface area (Å²) in [6, 6.07) is 8.20. The molecule has 0 atom stereocenters. The minimum Gasteiger partial charge on any atom is -0.344 e. The van der Waals surface area contributed by atoms with E-state index in [4.69, 9.17) is 12.2 Å². The summed E-state index contributed by atoms with van der Waals surface area (Å²) >= 11 is 5.50. The summed E-state index contributed by atoms with van der Waals surface area (Å²) in [6.07, 6.45) is 0. The van der Waals surface area contributed by atoms with Crippen LogP contribution in [-0.4, -0.2) is 67.6 Å². The summed E-state index contributed by atoms with van der Waals surface area (Å²) in [4.78, 5) is 16.9. The summed E-state index contributed by atoms with van der Waals surface area (Å²) in [5.74, 6) is 0.184. The molecule has 0 saturated carbocycles. The number of nitrogens with zero attached hydrogens (tertiary/aromatic N) is 2. The number of amides is 1. The molecule has 1 aliphatic rings. The number of likely N-dealkylation sites (N-methyl/N-ethyl adjacent to an activating group) is 1. The van der Waals surface area contributed by atoms with E-state index < -0.39 is 0 Å². The minimum absolute atomic E-state index is 0.184. The second-order valence-electron chi connectivity index (χ2n) is 6.00. The normalized spacial score (nSPS) is 15.5. The Bertz CT molecular complexity index is 539. The highest BCUT2D eigenvalue weighted by molar-refractivity contribution is 7.80. The van der Waals surface area contributed by atoms with E-state index in [9.17, 15) is 4.79 Å². The smallest absolute Gasteiger partial charge is 0.277 e. The van der Waals surface area contributed by atoms with Gasteiger partial charge in [-0.25, -0.2) is 0 Å². The fraction of sp³-hybridized carbons (Fsp3) is 0.500. The quantitative estimate of drug-likeness (QED) is 0.768. The lowest BCUT2D eigenvalue weighted by molar-refractivity contribution is -0.896. The molecule has 120 valence electrons. The van der Waals surface area contributed by atoms with Crippen LogP contribution in [0.3, 0.4) is 0 Å². The molecule has 22 heavy (non-hydrogen) atoms. The van der Waals surface area contributed by atoms with Gasteiger partial charge in [0.25, 0.3) is 5.91 Å². The van der Waals surface area contributed by atoms with Crippen molar-refractivity contribution in [1.29, 1.82) is 0 Å². The van der Waals surface area contributed by atoms with E-state index in [-0.39, 0.29) is 5.91 Å². The van der Waals surface area contributed by atoms with Crippen molar-refractivity contribution in [3.8, 4) is 0 Å². The van der Waals surface area contributed by atoms with Gasteiger partial charge in [0.2, 0.25) is 0 Å². The summed E-state index contributed by atoms with van der Waals surface area (Å²) in [6.45, 7) is 6.28. The number of piperazine rings is 1. The van der Waals surface area contributed by atoms with Crippen molar-refractivity contribution in [2.45, 2.75) is 6.92 Å². The van der Waals surface area contributed by atoms with Crippen LogP contribution >= 0.6 is 12.2 Å². The molecule has 0 radical (unpaired) electrons. The predicted molar refractivity (Wildman–Crippen MR) is 93.2 cm³/mol. The Morgan fingerprint density at radius 2 is 2.05 bits per heavy atom. The number of rotatable bonds is 3. The monoisotopic (exact) mass is 321 g/mol. The van der Waals surface area contributed by atoms with E-state index in [1.165, 1.54) is 10.5 Å². The molecule has 1 aromatic carbocycles. The molecule has 1 aliphatic heterocycles. The first-order chi connectivity index (χ1) is 10.5. The van der Waals surface area contributed by atoms with Crippen LogP contribution in [0.2, 0.25) is 0 Å². The molecule has 0 bridgehead atoms. The van der Waals surface area contributed by atoms with Gasteiger partial charge in [0, 0.05) is 19.8 Å². The molecule has 2 N–H and O–H groups in total. The van der Waals surface area contributed by atoms with Crippen LogP contribution in [0.4, 0.5) is 5.69 Å². The third-order valence-electron chi connectivity index (χ3n) is 3.93. The lowest BCUT2D eigenvalue weighted by Gasteiger charge is -2.33. The maximum Gasteiger partial charge on any atom is 0.277 e. The summed E-state index contributed by atoms with van der Waals surface area (Å²) < 4.78 is 0. The van der Waals surface area contributed by atoms with E-state index in [0.717, 1.165) is 37.0 Å². The molecule has 1 fully saturated rings. The molecule has 0 aromatic heterocycles. The first-order valence-corrected chi connectivity index (χ1v) is 8.03. The highest BCUT2D eigenvalue weighted by Crippen LogP contribution is 2.10. The minimum atomic E-state index is 0.184. The highest BCUT2D eigenvalue weighted by Gasteiger charge is 2.24. The Hall–Kier alpha value is -1.66. The topological polar surface area (TPSA) is 40.0 Å². The van der Waals surface area contributed by atoms with Crippen LogP contribution in [0.15, 0.2) is 24.3 Å². The van der Waals surface area contributed by atoms with Gasteiger partial charge in [-0.15, -0.1) is 0 Å². The Morgan fingerprint density at radius 1 is 1.36 bits per heavy atom. The fourth-order valence-corrected chi connectivity index (χ4v) is 2.80. The van der Waals surface area contributed by atoms with E-state index in [2.05, 4.69) is 29.3 Å². The third-order valence-corrected chi connectivity index (χ3v) is 4.29. The first-order valence-electron chi connectivity index (χ1n) is 7.62. The molecule has 0 aliphatic carbocycles. The van der Waals surface area contributed by atoms with E-state index in [0.29, 0.717) is 6.54 Å². The van der Waals surface area contributed by atoms with Crippen molar-refractivity contribution >= 4 is 28.9 Å². The van der Waals surface area contributed by atoms with E-state index >= 15 is 0 Å². The largest absolute Gasteiger partial charge is 0.344 e. The number of nitrogens with one attached hydrogen (secondary N) is 2. The molecule has 5 nitrogen and oxygen atoms in total. The zero-order chi connectivity index (χ0) is 16.1. The predicted octanol–water partition coefficient (Wildman–Crippen LogP) is -0.0195. The maximum absolute atomic E-state index is 11.8. The maximum atomic E-state index is 11.8. The number of carbonyl (C=O) groups is 1.